The second-order valence-corrected chi connectivity index (χ2v) is 6.88. The number of hydrogen-bond acceptors (Lipinski definition) is 5. The molecule has 0 bridgehead atoms. The number of carbonyl (C=O) groups is 1. The Morgan fingerprint density at radius 3 is 2.75 bits per heavy atom. The maximum Gasteiger partial charge on any atom is 0.371 e. The number of aromatic carboxylic acids is 1. The normalized spacial score (nSPS) is 11.7. The Morgan fingerprint density at radius 2 is 2.04 bits per heavy atom. The van der Waals surface area contributed by atoms with Crippen LogP contribution >= 0.6 is 0 Å². The van der Waals surface area contributed by atoms with Crippen LogP contribution in [-0.2, 0) is 16.6 Å². The van der Waals surface area contributed by atoms with Crippen molar-refractivity contribution in [2.75, 3.05) is 0 Å². The van der Waals surface area contributed by atoms with E-state index in [2.05, 4.69) is 9.71 Å². The van der Waals surface area contributed by atoms with E-state index in [0.29, 0.717) is 16.5 Å². The van der Waals surface area contributed by atoms with E-state index in [1.807, 2.05) is 0 Å². The molecule has 0 fully saturated rings. The molecule has 3 aromatic rings. The summed E-state index contributed by atoms with van der Waals surface area (Å²) in [5, 5.41) is 9.34. The van der Waals surface area contributed by atoms with Crippen molar-refractivity contribution in [3.8, 4) is 0 Å². The third kappa shape index (κ3) is 3.01. The number of aromatic nitrogens is 1. The van der Waals surface area contributed by atoms with Crippen LogP contribution in [0.3, 0.4) is 0 Å². The van der Waals surface area contributed by atoms with E-state index in [9.17, 15) is 13.2 Å². The molecule has 0 unspecified atom stereocenters. The fourth-order valence-corrected chi connectivity index (χ4v) is 3.85. The maximum atomic E-state index is 12.7. The molecule has 124 valence electrons. The fraction of sp³-hybridized carbons (Fsp3) is 0.125. The zero-order chi connectivity index (χ0) is 17.3. The van der Waals surface area contributed by atoms with Crippen LogP contribution in [0.2, 0.25) is 0 Å². The number of rotatable bonds is 5. The topological polar surface area (TPSA) is 110 Å². The van der Waals surface area contributed by atoms with Crippen molar-refractivity contribution in [3.05, 3.63) is 59.7 Å². The molecule has 2 heterocycles. The molecule has 0 aliphatic carbocycles. The Kier molecular flexibility index (Phi) is 4.08. The molecular formula is C16H14N2O5S. The van der Waals surface area contributed by atoms with Gasteiger partial charge >= 0.3 is 5.97 Å². The Balaban J connectivity index is 1.93. The van der Waals surface area contributed by atoms with Crippen molar-refractivity contribution >= 4 is 26.9 Å². The summed E-state index contributed by atoms with van der Waals surface area (Å²) >= 11 is 0. The molecule has 0 aliphatic rings. The summed E-state index contributed by atoms with van der Waals surface area (Å²) < 4.78 is 32.9. The van der Waals surface area contributed by atoms with Crippen LogP contribution in [0.5, 0.6) is 0 Å². The smallest absolute Gasteiger partial charge is 0.371 e. The fourth-order valence-electron chi connectivity index (χ4n) is 2.42. The molecule has 0 aliphatic heterocycles. The lowest BCUT2D eigenvalue weighted by Gasteiger charge is -2.11. The van der Waals surface area contributed by atoms with Gasteiger partial charge in [0.2, 0.25) is 15.8 Å². The Morgan fingerprint density at radius 1 is 1.25 bits per heavy atom. The SMILES string of the molecule is Cc1ccc2ncccc2c1S(=O)(=O)NCc1ccc(C(=O)O)o1. The number of nitrogens with one attached hydrogen (secondary N) is 1. The van der Waals surface area contributed by atoms with Gasteiger partial charge in [0.05, 0.1) is 17.0 Å². The molecule has 2 N–H and O–H groups in total. The third-order valence-corrected chi connectivity index (χ3v) is 5.11. The number of nitrogens with zero attached hydrogens (tertiary/aromatic N) is 1. The number of furan rings is 1. The van der Waals surface area contributed by atoms with Crippen molar-refractivity contribution in [3.63, 3.8) is 0 Å². The van der Waals surface area contributed by atoms with Gasteiger partial charge in [0.1, 0.15) is 5.76 Å². The zero-order valence-corrected chi connectivity index (χ0v) is 13.5. The number of hydrogen-bond donors (Lipinski definition) is 2. The number of sulfonamides is 1. The van der Waals surface area contributed by atoms with E-state index in [-0.39, 0.29) is 23.0 Å². The van der Waals surface area contributed by atoms with Gasteiger partial charge in [-0.15, -0.1) is 0 Å². The van der Waals surface area contributed by atoms with Crippen LogP contribution in [0.25, 0.3) is 10.9 Å². The molecule has 0 saturated heterocycles. The first kappa shape index (κ1) is 16.2. The molecule has 0 atom stereocenters. The van der Waals surface area contributed by atoms with Crippen LogP contribution in [0.15, 0.2) is 51.9 Å². The highest BCUT2D eigenvalue weighted by Crippen LogP contribution is 2.25. The van der Waals surface area contributed by atoms with Gasteiger partial charge < -0.3 is 9.52 Å². The average Bonchev–Trinajstić information content (AvgIpc) is 3.02. The van der Waals surface area contributed by atoms with Crippen LogP contribution < -0.4 is 4.72 Å². The average molecular weight is 346 g/mol. The van der Waals surface area contributed by atoms with Crippen molar-refractivity contribution in [1.29, 1.82) is 0 Å². The molecule has 0 radical (unpaired) electrons. The molecule has 1 aromatic carbocycles. The standard InChI is InChI=1S/C16H14N2O5S/c1-10-4-6-13-12(3-2-8-17-13)15(10)24(21,22)18-9-11-5-7-14(23-11)16(19)20/h2-8,18H,9H2,1H3,(H,19,20). The number of pyridine rings is 1. The minimum Gasteiger partial charge on any atom is -0.475 e. The molecule has 3 rings (SSSR count). The first-order valence-electron chi connectivity index (χ1n) is 7.04. The summed E-state index contributed by atoms with van der Waals surface area (Å²) in [6.45, 7) is 1.56. The van der Waals surface area contributed by atoms with E-state index in [4.69, 9.17) is 9.52 Å². The number of carboxylic acids is 1. The molecule has 8 heteroatoms. The quantitative estimate of drug-likeness (QED) is 0.734. The molecule has 0 spiro atoms. The second-order valence-electron chi connectivity index (χ2n) is 5.18. The van der Waals surface area contributed by atoms with Crippen molar-refractivity contribution in [1.82, 2.24) is 9.71 Å². The van der Waals surface area contributed by atoms with Crippen LogP contribution in [0.1, 0.15) is 21.9 Å². The minimum atomic E-state index is -3.82. The Hall–Kier alpha value is -2.71. The Labute approximate surface area is 138 Å². The molecular weight excluding hydrogens is 332 g/mol. The lowest BCUT2D eigenvalue weighted by molar-refractivity contribution is 0.0660. The summed E-state index contributed by atoms with van der Waals surface area (Å²) in [4.78, 5) is 15.1. The third-order valence-electron chi connectivity index (χ3n) is 3.51. The van der Waals surface area contributed by atoms with Crippen LogP contribution in [0, 0.1) is 6.92 Å². The van der Waals surface area contributed by atoms with Crippen LogP contribution in [-0.4, -0.2) is 24.5 Å². The number of benzene rings is 1. The summed E-state index contributed by atoms with van der Waals surface area (Å²) in [6, 6.07) is 9.52. The summed E-state index contributed by atoms with van der Waals surface area (Å²) in [6.07, 6.45) is 1.60. The first-order valence-corrected chi connectivity index (χ1v) is 8.53. The van der Waals surface area contributed by atoms with E-state index >= 15 is 0 Å². The predicted molar refractivity (Wildman–Crippen MR) is 86.2 cm³/mol. The van der Waals surface area contributed by atoms with Crippen molar-refractivity contribution in [2.24, 2.45) is 0 Å². The van der Waals surface area contributed by atoms with Gasteiger partial charge in [-0.3, -0.25) is 4.98 Å². The van der Waals surface area contributed by atoms with E-state index < -0.39 is 16.0 Å². The summed E-state index contributed by atoms with van der Waals surface area (Å²) in [5.41, 5.74) is 1.17. The molecule has 0 saturated carbocycles. The predicted octanol–water partition coefficient (Wildman–Crippen LogP) is 2.31. The molecule has 0 amide bonds. The second kappa shape index (κ2) is 6.06. The largest absolute Gasteiger partial charge is 0.475 e. The maximum absolute atomic E-state index is 12.7. The van der Waals surface area contributed by atoms with Gasteiger partial charge in [-0.05, 0) is 42.8 Å². The first-order chi connectivity index (χ1) is 11.4. The van der Waals surface area contributed by atoms with Crippen molar-refractivity contribution < 1.29 is 22.7 Å². The summed E-state index contributed by atoms with van der Waals surface area (Å²) in [7, 11) is -3.82. The van der Waals surface area contributed by atoms with E-state index in [1.54, 1.807) is 37.4 Å². The lowest BCUT2D eigenvalue weighted by atomic mass is 10.1. The number of fused-ring (bicyclic) bond motifs is 1. The van der Waals surface area contributed by atoms with E-state index in [1.165, 1.54) is 12.1 Å². The van der Waals surface area contributed by atoms with Crippen molar-refractivity contribution in [2.45, 2.75) is 18.4 Å². The number of aryl methyl sites for hydroxylation is 1. The van der Waals surface area contributed by atoms with Gasteiger partial charge in [0.25, 0.3) is 0 Å². The van der Waals surface area contributed by atoms with Gasteiger partial charge in [0, 0.05) is 11.6 Å². The molecule has 24 heavy (non-hydrogen) atoms. The molecule has 7 nitrogen and oxygen atoms in total. The highest BCUT2D eigenvalue weighted by molar-refractivity contribution is 7.89. The van der Waals surface area contributed by atoms with Gasteiger partial charge in [-0.25, -0.2) is 17.9 Å². The van der Waals surface area contributed by atoms with Gasteiger partial charge in [0.15, 0.2) is 0 Å². The monoisotopic (exact) mass is 346 g/mol. The van der Waals surface area contributed by atoms with Gasteiger partial charge in [-0.1, -0.05) is 6.07 Å². The number of carboxylic acid groups (broad SMARTS) is 1. The lowest BCUT2D eigenvalue weighted by Crippen LogP contribution is -2.24. The Bertz CT molecular complexity index is 1020. The van der Waals surface area contributed by atoms with E-state index in [0.717, 1.165) is 0 Å². The summed E-state index contributed by atoms with van der Waals surface area (Å²) in [5.74, 6) is -1.23. The zero-order valence-electron chi connectivity index (χ0n) is 12.7. The minimum absolute atomic E-state index is 0.147. The van der Waals surface area contributed by atoms with Gasteiger partial charge in [-0.2, -0.15) is 0 Å². The highest BCUT2D eigenvalue weighted by Gasteiger charge is 2.21. The molecule has 2 aromatic heterocycles. The van der Waals surface area contributed by atoms with Crippen LogP contribution in [0.4, 0.5) is 0 Å². The highest BCUT2D eigenvalue weighted by atomic mass is 32.2.